The van der Waals surface area contributed by atoms with E-state index in [9.17, 15) is 0 Å². The predicted octanol–water partition coefficient (Wildman–Crippen LogP) is 2.83. The van der Waals surface area contributed by atoms with Gasteiger partial charge in [-0.15, -0.1) is 24.0 Å². The van der Waals surface area contributed by atoms with Gasteiger partial charge in [0.25, 0.3) is 0 Å². The zero-order valence-electron chi connectivity index (χ0n) is 13.4. The summed E-state index contributed by atoms with van der Waals surface area (Å²) in [5.41, 5.74) is 1.34. The van der Waals surface area contributed by atoms with E-state index in [1.54, 1.807) is 7.05 Å². The second kappa shape index (κ2) is 11.7. The van der Waals surface area contributed by atoms with Gasteiger partial charge in [-0.1, -0.05) is 30.3 Å². The third-order valence-electron chi connectivity index (χ3n) is 3.58. The number of hydrogen-bond acceptors (Lipinski definition) is 2. The third kappa shape index (κ3) is 8.58. The van der Waals surface area contributed by atoms with Crippen molar-refractivity contribution in [3.8, 4) is 0 Å². The first-order chi connectivity index (χ1) is 10.4. The molecule has 1 saturated carbocycles. The molecule has 5 heteroatoms. The van der Waals surface area contributed by atoms with Crippen molar-refractivity contribution in [2.24, 2.45) is 10.9 Å². The summed E-state index contributed by atoms with van der Waals surface area (Å²) in [5, 5.41) is 6.65. The second-order valence-electron chi connectivity index (χ2n) is 5.53. The van der Waals surface area contributed by atoms with E-state index >= 15 is 0 Å². The average molecular weight is 417 g/mol. The molecule has 0 amide bonds. The molecule has 1 aliphatic rings. The number of ether oxygens (including phenoxy) is 1. The van der Waals surface area contributed by atoms with Gasteiger partial charge in [0.05, 0.1) is 0 Å². The largest absolute Gasteiger partial charge is 0.381 e. The molecule has 0 saturated heterocycles. The summed E-state index contributed by atoms with van der Waals surface area (Å²) < 4.78 is 5.61. The van der Waals surface area contributed by atoms with E-state index < -0.39 is 0 Å². The lowest BCUT2D eigenvalue weighted by molar-refractivity contribution is 0.123. The van der Waals surface area contributed by atoms with E-state index in [0.717, 1.165) is 51.0 Å². The number of nitrogens with zero attached hydrogens (tertiary/aromatic N) is 1. The Hall–Kier alpha value is -0.820. The highest BCUT2D eigenvalue weighted by atomic mass is 127. The van der Waals surface area contributed by atoms with Crippen LogP contribution in [0.1, 0.15) is 24.8 Å². The molecule has 0 unspecified atom stereocenters. The molecule has 1 aliphatic carbocycles. The van der Waals surface area contributed by atoms with Gasteiger partial charge < -0.3 is 15.4 Å². The van der Waals surface area contributed by atoms with E-state index in [4.69, 9.17) is 4.74 Å². The molecule has 0 spiro atoms. The van der Waals surface area contributed by atoms with Crippen LogP contribution in [0.4, 0.5) is 0 Å². The maximum atomic E-state index is 5.61. The third-order valence-corrected chi connectivity index (χ3v) is 3.58. The highest BCUT2D eigenvalue weighted by molar-refractivity contribution is 14.0. The minimum absolute atomic E-state index is 0. The summed E-state index contributed by atoms with van der Waals surface area (Å²) >= 11 is 0. The molecule has 22 heavy (non-hydrogen) atoms. The fourth-order valence-corrected chi connectivity index (χ4v) is 2.11. The summed E-state index contributed by atoms with van der Waals surface area (Å²) in [6.07, 6.45) is 4.74. The van der Waals surface area contributed by atoms with Gasteiger partial charge in [0.1, 0.15) is 0 Å². The van der Waals surface area contributed by atoms with Gasteiger partial charge in [-0.2, -0.15) is 0 Å². The average Bonchev–Trinajstić information content (AvgIpc) is 3.34. The molecule has 2 N–H and O–H groups in total. The highest BCUT2D eigenvalue weighted by Gasteiger charge is 2.20. The smallest absolute Gasteiger partial charge is 0.190 e. The molecule has 1 aromatic rings. The van der Waals surface area contributed by atoms with E-state index in [1.165, 1.54) is 18.4 Å². The maximum Gasteiger partial charge on any atom is 0.190 e. The lowest BCUT2D eigenvalue weighted by Gasteiger charge is -2.12. The van der Waals surface area contributed by atoms with Crippen LogP contribution in [0, 0.1) is 5.92 Å². The standard InChI is InChI=1S/C17H27N3O.HI/c1-18-17(19-11-5-13-21-14-16-8-9-16)20-12-10-15-6-3-2-4-7-15;/h2-4,6-7,16H,5,8-14H2,1H3,(H2,18,19,20);1H. The number of hydrogen-bond donors (Lipinski definition) is 2. The first kappa shape index (κ1) is 19.2. The van der Waals surface area contributed by atoms with Crippen LogP contribution < -0.4 is 10.6 Å². The van der Waals surface area contributed by atoms with Crippen molar-refractivity contribution in [1.29, 1.82) is 0 Å². The predicted molar refractivity (Wildman–Crippen MR) is 103 cm³/mol. The molecule has 0 heterocycles. The van der Waals surface area contributed by atoms with Gasteiger partial charge in [0, 0.05) is 33.4 Å². The van der Waals surface area contributed by atoms with Gasteiger partial charge >= 0.3 is 0 Å². The van der Waals surface area contributed by atoms with E-state index in [0.29, 0.717) is 0 Å². The topological polar surface area (TPSA) is 45.7 Å². The van der Waals surface area contributed by atoms with E-state index in [2.05, 4.69) is 39.9 Å². The Labute approximate surface area is 151 Å². The Morgan fingerprint density at radius 3 is 2.59 bits per heavy atom. The maximum absolute atomic E-state index is 5.61. The van der Waals surface area contributed by atoms with Crippen LogP contribution in [0.2, 0.25) is 0 Å². The lowest BCUT2D eigenvalue weighted by atomic mass is 10.1. The Morgan fingerprint density at radius 2 is 1.91 bits per heavy atom. The summed E-state index contributed by atoms with van der Waals surface area (Å²) in [4.78, 5) is 4.23. The number of benzene rings is 1. The van der Waals surface area contributed by atoms with Crippen molar-refractivity contribution in [2.45, 2.75) is 25.7 Å². The summed E-state index contributed by atoms with van der Waals surface area (Å²) in [5.74, 6) is 1.72. The Kier molecular flexibility index (Phi) is 10.2. The van der Waals surface area contributed by atoms with E-state index in [1.807, 2.05) is 6.07 Å². The van der Waals surface area contributed by atoms with Crippen LogP contribution in [0.3, 0.4) is 0 Å². The molecule has 1 aromatic carbocycles. The molecule has 0 atom stereocenters. The quantitative estimate of drug-likeness (QED) is 0.281. The van der Waals surface area contributed by atoms with Gasteiger partial charge in [-0.3, -0.25) is 4.99 Å². The molecule has 124 valence electrons. The van der Waals surface area contributed by atoms with Crippen LogP contribution in [0.5, 0.6) is 0 Å². The first-order valence-corrected chi connectivity index (χ1v) is 7.94. The lowest BCUT2D eigenvalue weighted by Crippen LogP contribution is -2.39. The zero-order valence-corrected chi connectivity index (χ0v) is 15.7. The molecule has 2 rings (SSSR count). The summed E-state index contributed by atoms with van der Waals surface area (Å²) in [6.45, 7) is 3.58. The molecular weight excluding hydrogens is 389 g/mol. The second-order valence-corrected chi connectivity index (χ2v) is 5.53. The Bertz CT molecular complexity index is 421. The van der Waals surface area contributed by atoms with Crippen molar-refractivity contribution < 1.29 is 4.74 Å². The fraction of sp³-hybridized carbons (Fsp3) is 0.588. The Balaban J connectivity index is 0.00000242. The van der Waals surface area contributed by atoms with E-state index in [-0.39, 0.29) is 24.0 Å². The molecule has 0 bridgehead atoms. The first-order valence-electron chi connectivity index (χ1n) is 7.94. The number of aliphatic imine (C=N–C) groups is 1. The van der Waals surface area contributed by atoms with Crippen molar-refractivity contribution in [2.75, 3.05) is 33.4 Å². The highest BCUT2D eigenvalue weighted by Crippen LogP contribution is 2.28. The minimum atomic E-state index is 0. The van der Waals surface area contributed by atoms with Gasteiger partial charge in [-0.05, 0) is 37.2 Å². The zero-order chi connectivity index (χ0) is 14.8. The molecular formula is C17H28IN3O. The molecule has 0 radical (unpaired) electrons. The molecule has 0 aromatic heterocycles. The van der Waals surface area contributed by atoms with Crippen LogP contribution in [-0.4, -0.2) is 39.3 Å². The summed E-state index contributed by atoms with van der Waals surface area (Å²) in [7, 11) is 1.81. The summed E-state index contributed by atoms with van der Waals surface area (Å²) in [6, 6.07) is 10.5. The molecule has 4 nitrogen and oxygen atoms in total. The minimum Gasteiger partial charge on any atom is -0.381 e. The number of guanidine groups is 1. The number of rotatable bonds is 9. The monoisotopic (exact) mass is 417 g/mol. The van der Waals surface area contributed by atoms with Crippen molar-refractivity contribution in [3.63, 3.8) is 0 Å². The van der Waals surface area contributed by atoms with Gasteiger partial charge in [-0.25, -0.2) is 0 Å². The number of nitrogens with one attached hydrogen (secondary N) is 2. The molecule has 1 fully saturated rings. The van der Waals surface area contributed by atoms with Gasteiger partial charge in [0.2, 0.25) is 0 Å². The SMILES string of the molecule is CN=C(NCCCOCC1CC1)NCCc1ccccc1.I. The van der Waals surface area contributed by atoms with Crippen LogP contribution in [0.25, 0.3) is 0 Å². The van der Waals surface area contributed by atoms with Crippen molar-refractivity contribution in [1.82, 2.24) is 10.6 Å². The van der Waals surface area contributed by atoms with Crippen molar-refractivity contribution in [3.05, 3.63) is 35.9 Å². The van der Waals surface area contributed by atoms with Gasteiger partial charge in [0.15, 0.2) is 5.96 Å². The number of halogens is 1. The fourth-order valence-electron chi connectivity index (χ4n) is 2.11. The normalized spacial score (nSPS) is 14.3. The van der Waals surface area contributed by atoms with Crippen LogP contribution in [-0.2, 0) is 11.2 Å². The Morgan fingerprint density at radius 1 is 1.18 bits per heavy atom. The van der Waals surface area contributed by atoms with Crippen LogP contribution >= 0.6 is 24.0 Å². The van der Waals surface area contributed by atoms with Crippen molar-refractivity contribution >= 4 is 29.9 Å². The molecule has 0 aliphatic heterocycles. The van der Waals surface area contributed by atoms with Crippen LogP contribution in [0.15, 0.2) is 35.3 Å².